The third-order valence-corrected chi connectivity index (χ3v) is 3.89. The fourth-order valence-corrected chi connectivity index (χ4v) is 2.64. The highest BCUT2D eigenvalue weighted by Crippen LogP contribution is 2.27. The summed E-state index contributed by atoms with van der Waals surface area (Å²) in [4.78, 5) is 14.1. The molecule has 2 rings (SSSR count). The van der Waals surface area contributed by atoms with Crippen molar-refractivity contribution in [3.8, 4) is 0 Å². The number of amides is 1. The Hall–Kier alpha value is -1.32. The number of nitrogens with one attached hydrogen (secondary N) is 1. The van der Waals surface area contributed by atoms with Crippen molar-refractivity contribution >= 4 is 5.91 Å². The third-order valence-electron chi connectivity index (χ3n) is 3.89. The maximum absolute atomic E-state index is 12.2. The minimum Gasteiger partial charge on any atom is -0.340 e. The van der Waals surface area contributed by atoms with Crippen LogP contribution in [0.3, 0.4) is 0 Å². The van der Waals surface area contributed by atoms with Gasteiger partial charge >= 0.3 is 0 Å². The molecule has 1 aliphatic rings. The number of H-pyrrole nitrogens is 1. The van der Waals surface area contributed by atoms with Gasteiger partial charge in [-0.25, -0.2) is 0 Å². The fraction of sp³-hybridized carbons (Fsp3) is 0.733. The van der Waals surface area contributed by atoms with E-state index in [1.54, 1.807) is 0 Å². The lowest BCUT2D eigenvalue weighted by atomic mass is 9.92. The Morgan fingerprint density at radius 3 is 2.58 bits per heavy atom. The molecular weight excluding hydrogens is 238 g/mol. The van der Waals surface area contributed by atoms with Gasteiger partial charge in [0.1, 0.15) is 0 Å². The summed E-state index contributed by atoms with van der Waals surface area (Å²) in [6.07, 6.45) is 4.50. The van der Waals surface area contributed by atoms with Gasteiger partial charge in [0.25, 0.3) is 0 Å². The molecule has 4 heteroatoms. The quantitative estimate of drug-likeness (QED) is 0.911. The number of nitrogens with zero attached hydrogens (tertiary/aromatic N) is 2. The van der Waals surface area contributed by atoms with Crippen LogP contribution in [0.2, 0.25) is 0 Å². The first-order chi connectivity index (χ1) is 8.88. The molecule has 0 saturated heterocycles. The van der Waals surface area contributed by atoms with E-state index >= 15 is 0 Å². The van der Waals surface area contributed by atoms with E-state index in [0.29, 0.717) is 6.54 Å². The zero-order chi connectivity index (χ0) is 14.0. The standard InChI is InChI=1S/C15H25N3O/c1-15(2,3)13-9-12(16-17-13)10-18(4)14(19)11-7-5-6-8-11/h9,11H,5-8,10H2,1-4H3,(H,16,17). The van der Waals surface area contributed by atoms with Gasteiger partial charge in [0, 0.05) is 18.4 Å². The van der Waals surface area contributed by atoms with Crippen LogP contribution in [0.4, 0.5) is 0 Å². The van der Waals surface area contributed by atoms with Gasteiger partial charge in [-0.05, 0) is 18.9 Å². The third kappa shape index (κ3) is 3.37. The lowest BCUT2D eigenvalue weighted by molar-refractivity contribution is -0.134. The highest BCUT2D eigenvalue weighted by Gasteiger charge is 2.26. The molecule has 1 aromatic heterocycles. The van der Waals surface area contributed by atoms with Gasteiger partial charge < -0.3 is 4.90 Å². The average Bonchev–Trinajstić information content (AvgIpc) is 2.97. The Balaban J connectivity index is 1.96. The van der Waals surface area contributed by atoms with Crippen molar-refractivity contribution in [1.82, 2.24) is 15.1 Å². The maximum Gasteiger partial charge on any atom is 0.225 e. The topological polar surface area (TPSA) is 49.0 Å². The Morgan fingerprint density at radius 2 is 2.05 bits per heavy atom. The van der Waals surface area contributed by atoms with E-state index in [1.165, 1.54) is 12.8 Å². The van der Waals surface area contributed by atoms with Gasteiger partial charge in [0.05, 0.1) is 17.9 Å². The zero-order valence-corrected chi connectivity index (χ0v) is 12.5. The van der Waals surface area contributed by atoms with Crippen LogP contribution in [0.25, 0.3) is 0 Å². The van der Waals surface area contributed by atoms with Gasteiger partial charge in [0.15, 0.2) is 0 Å². The second-order valence-corrected chi connectivity index (χ2v) is 6.70. The summed E-state index contributed by atoms with van der Waals surface area (Å²) < 4.78 is 0. The van der Waals surface area contributed by atoms with Crippen molar-refractivity contribution < 1.29 is 4.79 Å². The molecule has 0 bridgehead atoms. The summed E-state index contributed by atoms with van der Waals surface area (Å²) >= 11 is 0. The fourth-order valence-electron chi connectivity index (χ4n) is 2.64. The highest BCUT2D eigenvalue weighted by atomic mass is 16.2. The predicted molar refractivity (Wildman–Crippen MR) is 75.7 cm³/mol. The Kier molecular flexibility index (Phi) is 3.97. The van der Waals surface area contributed by atoms with Crippen LogP contribution >= 0.6 is 0 Å². The number of aromatic nitrogens is 2. The second-order valence-electron chi connectivity index (χ2n) is 6.70. The van der Waals surface area contributed by atoms with E-state index in [1.807, 2.05) is 11.9 Å². The average molecular weight is 263 g/mol. The van der Waals surface area contributed by atoms with Gasteiger partial charge in [-0.2, -0.15) is 5.10 Å². The number of hydrogen-bond acceptors (Lipinski definition) is 2. The minimum absolute atomic E-state index is 0.0444. The molecule has 0 radical (unpaired) electrons. The summed E-state index contributed by atoms with van der Waals surface area (Å²) in [5.41, 5.74) is 2.10. The molecule has 1 fully saturated rings. The maximum atomic E-state index is 12.2. The minimum atomic E-state index is 0.0444. The van der Waals surface area contributed by atoms with Gasteiger partial charge in [-0.3, -0.25) is 9.89 Å². The molecule has 0 aromatic carbocycles. The summed E-state index contributed by atoms with van der Waals surface area (Å²) in [5.74, 6) is 0.527. The summed E-state index contributed by atoms with van der Waals surface area (Å²) in [6.45, 7) is 7.04. The van der Waals surface area contributed by atoms with Crippen molar-refractivity contribution in [3.05, 3.63) is 17.5 Å². The van der Waals surface area contributed by atoms with Gasteiger partial charge in [0.2, 0.25) is 5.91 Å². The first kappa shape index (κ1) is 14.1. The molecule has 0 spiro atoms. The molecule has 4 nitrogen and oxygen atoms in total. The molecule has 1 N–H and O–H groups in total. The normalized spacial score (nSPS) is 16.8. The van der Waals surface area contributed by atoms with E-state index in [0.717, 1.165) is 24.2 Å². The zero-order valence-electron chi connectivity index (χ0n) is 12.5. The molecule has 0 aliphatic heterocycles. The smallest absolute Gasteiger partial charge is 0.225 e. The molecule has 0 atom stereocenters. The van der Waals surface area contributed by atoms with Crippen molar-refractivity contribution in [2.45, 2.75) is 58.4 Å². The molecule has 1 aromatic rings. The largest absolute Gasteiger partial charge is 0.340 e. The molecule has 1 saturated carbocycles. The van der Waals surface area contributed by atoms with E-state index in [-0.39, 0.29) is 17.2 Å². The molecule has 0 unspecified atom stereocenters. The van der Waals surface area contributed by atoms with Crippen LogP contribution in [-0.2, 0) is 16.8 Å². The molecule has 1 aliphatic carbocycles. The Bertz CT molecular complexity index is 438. The first-order valence-electron chi connectivity index (χ1n) is 7.17. The van der Waals surface area contributed by atoms with E-state index in [2.05, 4.69) is 37.0 Å². The van der Waals surface area contributed by atoms with Crippen LogP contribution in [0.1, 0.15) is 57.8 Å². The number of carbonyl (C=O) groups is 1. The summed E-state index contributed by atoms with van der Waals surface area (Å²) in [5, 5.41) is 7.38. The Morgan fingerprint density at radius 1 is 1.42 bits per heavy atom. The van der Waals surface area contributed by atoms with E-state index in [4.69, 9.17) is 0 Å². The van der Waals surface area contributed by atoms with Crippen LogP contribution in [0.15, 0.2) is 6.07 Å². The molecule has 19 heavy (non-hydrogen) atoms. The molecular formula is C15H25N3O. The van der Waals surface area contributed by atoms with Gasteiger partial charge in [-0.15, -0.1) is 0 Å². The van der Waals surface area contributed by atoms with Crippen LogP contribution in [0.5, 0.6) is 0 Å². The van der Waals surface area contributed by atoms with Crippen LogP contribution in [-0.4, -0.2) is 28.1 Å². The number of carbonyl (C=O) groups excluding carboxylic acids is 1. The molecule has 1 heterocycles. The van der Waals surface area contributed by atoms with Crippen molar-refractivity contribution in [2.75, 3.05) is 7.05 Å². The molecule has 106 valence electrons. The summed E-state index contributed by atoms with van der Waals surface area (Å²) in [6, 6.07) is 2.07. The summed E-state index contributed by atoms with van der Waals surface area (Å²) in [7, 11) is 1.89. The monoisotopic (exact) mass is 263 g/mol. The first-order valence-corrected chi connectivity index (χ1v) is 7.17. The van der Waals surface area contributed by atoms with Crippen LogP contribution in [0, 0.1) is 5.92 Å². The van der Waals surface area contributed by atoms with Crippen molar-refractivity contribution in [1.29, 1.82) is 0 Å². The number of rotatable bonds is 3. The second kappa shape index (κ2) is 5.35. The molecule has 1 amide bonds. The van der Waals surface area contributed by atoms with Gasteiger partial charge in [-0.1, -0.05) is 33.6 Å². The lowest BCUT2D eigenvalue weighted by Gasteiger charge is -2.20. The van der Waals surface area contributed by atoms with E-state index < -0.39 is 0 Å². The van der Waals surface area contributed by atoms with E-state index in [9.17, 15) is 4.79 Å². The Labute approximate surface area is 115 Å². The van der Waals surface area contributed by atoms with Crippen molar-refractivity contribution in [3.63, 3.8) is 0 Å². The lowest BCUT2D eigenvalue weighted by Crippen LogP contribution is -2.31. The predicted octanol–water partition coefficient (Wildman–Crippen LogP) is 2.86. The van der Waals surface area contributed by atoms with Crippen molar-refractivity contribution in [2.24, 2.45) is 5.92 Å². The number of aromatic amines is 1. The SMILES string of the molecule is CN(Cc1cc(C(C)(C)C)n[nH]1)C(=O)C1CCCC1. The highest BCUT2D eigenvalue weighted by molar-refractivity contribution is 5.78. The van der Waals surface area contributed by atoms with Crippen LogP contribution < -0.4 is 0 Å². The number of hydrogen-bond donors (Lipinski definition) is 1.